The van der Waals surface area contributed by atoms with Gasteiger partial charge in [-0.2, -0.15) is 0 Å². The highest BCUT2D eigenvalue weighted by molar-refractivity contribution is 5.94. The lowest BCUT2D eigenvalue weighted by molar-refractivity contribution is -0.117. The van der Waals surface area contributed by atoms with Crippen molar-refractivity contribution in [2.24, 2.45) is 5.73 Å². The molecule has 1 fully saturated rings. The van der Waals surface area contributed by atoms with Gasteiger partial charge in [0.1, 0.15) is 0 Å². The van der Waals surface area contributed by atoms with Crippen molar-refractivity contribution in [3.05, 3.63) is 41.8 Å². The maximum absolute atomic E-state index is 11.8. The minimum atomic E-state index is -0.472. The number of nitrogens with zero attached hydrogens (tertiary/aromatic N) is 1. The summed E-state index contributed by atoms with van der Waals surface area (Å²) >= 11 is 0. The molecule has 6 nitrogen and oxygen atoms in total. The third-order valence-electron chi connectivity index (χ3n) is 3.84. The second kappa shape index (κ2) is 9.27. The van der Waals surface area contributed by atoms with Gasteiger partial charge in [0.2, 0.25) is 11.8 Å². The lowest BCUT2D eigenvalue weighted by Gasteiger charge is -2.26. The molecule has 0 aromatic heterocycles. The summed E-state index contributed by atoms with van der Waals surface area (Å²) in [7, 11) is 0. The van der Waals surface area contributed by atoms with E-state index in [1.165, 1.54) is 0 Å². The fourth-order valence-corrected chi connectivity index (χ4v) is 2.55. The van der Waals surface area contributed by atoms with Gasteiger partial charge >= 0.3 is 0 Å². The molecule has 0 atom stereocenters. The van der Waals surface area contributed by atoms with E-state index in [0.29, 0.717) is 18.5 Å². The molecule has 1 aromatic rings. The number of morpholine rings is 1. The Morgan fingerprint density at radius 3 is 2.74 bits per heavy atom. The van der Waals surface area contributed by atoms with Crippen LogP contribution in [0, 0.1) is 6.42 Å². The fraction of sp³-hybridized carbons (Fsp3) is 0.471. The lowest BCUT2D eigenvalue weighted by Crippen LogP contribution is -2.38. The van der Waals surface area contributed by atoms with Crippen molar-refractivity contribution < 1.29 is 14.3 Å². The number of primary amides is 1. The van der Waals surface area contributed by atoms with Crippen molar-refractivity contribution in [2.75, 3.05) is 39.4 Å². The zero-order valence-corrected chi connectivity index (χ0v) is 13.3. The van der Waals surface area contributed by atoms with Gasteiger partial charge in [-0.15, -0.1) is 0 Å². The number of nitrogens with one attached hydrogen (secondary N) is 1. The predicted molar refractivity (Wildman–Crippen MR) is 87.8 cm³/mol. The van der Waals surface area contributed by atoms with Gasteiger partial charge in [0.05, 0.1) is 19.6 Å². The minimum Gasteiger partial charge on any atom is -0.379 e. The van der Waals surface area contributed by atoms with Crippen molar-refractivity contribution in [3.63, 3.8) is 0 Å². The van der Waals surface area contributed by atoms with E-state index in [1.54, 1.807) is 18.6 Å². The summed E-state index contributed by atoms with van der Waals surface area (Å²) in [5.74, 6) is -0.592. The molecule has 125 valence electrons. The maximum Gasteiger partial charge on any atom is 0.248 e. The summed E-state index contributed by atoms with van der Waals surface area (Å²) in [5.41, 5.74) is 6.55. The minimum absolute atomic E-state index is 0.119. The van der Waals surface area contributed by atoms with Gasteiger partial charge in [-0.05, 0) is 31.0 Å². The Hall–Kier alpha value is -1.92. The van der Waals surface area contributed by atoms with Crippen LogP contribution in [0.4, 0.5) is 0 Å². The second-order valence-electron chi connectivity index (χ2n) is 5.53. The van der Waals surface area contributed by atoms with Crippen molar-refractivity contribution in [3.8, 4) is 0 Å². The van der Waals surface area contributed by atoms with Crippen LogP contribution in [0.3, 0.4) is 0 Å². The van der Waals surface area contributed by atoms with Crippen LogP contribution in [0.5, 0.6) is 0 Å². The van der Waals surface area contributed by atoms with Crippen LogP contribution in [0.15, 0.2) is 24.3 Å². The van der Waals surface area contributed by atoms with Crippen LogP contribution in [-0.4, -0.2) is 56.1 Å². The number of carbonyl (C=O) groups excluding carboxylic acids is 2. The van der Waals surface area contributed by atoms with Gasteiger partial charge in [-0.3, -0.25) is 14.5 Å². The second-order valence-corrected chi connectivity index (χ2v) is 5.53. The molecule has 3 N–H and O–H groups in total. The van der Waals surface area contributed by atoms with E-state index in [-0.39, 0.29) is 5.91 Å². The third-order valence-corrected chi connectivity index (χ3v) is 3.84. The summed E-state index contributed by atoms with van der Waals surface area (Å²) in [4.78, 5) is 25.5. The Bertz CT molecular complexity index is 528. The predicted octanol–water partition coefficient (Wildman–Crippen LogP) is 0.371. The summed E-state index contributed by atoms with van der Waals surface area (Å²) in [6, 6.07) is 7.07. The average Bonchev–Trinajstić information content (AvgIpc) is 2.58. The molecule has 23 heavy (non-hydrogen) atoms. The Kier molecular flexibility index (Phi) is 7.03. The zero-order chi connectivity index (χ0) is 16.5. The first kappa shape index (κ1) is 17.4. The monoisotopic (exact) mass is 318 g/mol. The van der Waals surface area contributed by atoms with E-state index in [4.69, 9.17) is 10.5 Å². The van der Waals surface area contributed by atoms with Crippen LogP contribution in [0.1, 0.15) is 22.3 Å². The molecule has 6 heteroatoms. The van der Waals surface area contributed by atoms with Gasteiger partial charge < -0.3 is 15.8 Å². The van der Waals surface area contributed by atoms with Crippen molar-refractivity contribution in [2.45, 2.75) is 12.8 Å². The largest absolute Gasteiger partial charge is 0.379 e. The number of hydrogen-bond donors (Lipinski definition) is 2. The molecule has 1 radical (unpaired) electrons. The van der Waals surface area contributed by atoms with Gasteiger partial charge in [0.15, 0.2) is 0 Å². The molecular formula is C17H24N3O3. The zero-order valence-electron chi connectivity index (χ0n) is 13.3. The molecule has 0 saturated carbocycles. The Balaban J connectivity index is 1.64. The molecule has 2 rings (SSSR count). The number of amides is 2. The first-order chi connectivity index (χ1) is 11.2. The van der Waals surface area contributed by atoms with Gasteiger partial charge in [0.25, 0.3) is 0 Å². The molecule has 1 aromatic carbocycles. The highest BCUT2D eigenvalue weighted by Gasteiger charge is 2.11. The Morgan fingerprint density at radius 2 is 2.00 bits per heavy atom. The molecule has 1 saturated heterocycles. The molecular weight excluding hydrogens is 294 g/mol. The normalized spacial score (nSPS) is 15.3. The van der Waals surface area contributed by atoms with E-state index in [0.717, 1.165) is 44.8 Å². The van der Waals surface area contributed by atoms with Crippen LogP contribution in [0.2, 0.25) is 0 Å². The maximum atomic E-state index is 11.8. The van der Waals surface area contributed by atoms with E-state index in [1.807, 2.05) is 12.1 Å². The molecule has 0 aliphatic carbocycles. The van der Waals surface area contributed by atoms with Crippen LogP contribution in [-0.2, 0) is 16.0 Å². The molecule has 1 heterocycles. The number of rotatable bonds is 8. The quantitative estimate of drug-likeness (QED) is 0.678. The highest BCUT2D eigenvalue weighted by atomic mass is 16.5. The molecule has 1 aliphatic rings. The Morgan fingerprint density at radius 1 is 1.26 bits per heavy atom. The van der Waals surface area contributed by atoms with E-state index < -0.39 is 5.91 Å². The number of benzene rings is 1. The molecule has 1 aliphatic heterocycles. The van der Waals surface area contributed by atoms with Gasteiger partial charge in [-0.1, -0.05) is 18.2 Å². The summed E-state index contributed by atoms with van der Waals surface area (Å²) in [5, 5.41) is 2.87. The van der Waals surface area contributed by atoms with E-state index in [2.05, 4.69) is 10.2 Å². The Labute approximate surface area is 137 Å². The smallest absolute Gasteiger partial charge is 0.248 e. The number of ether oxygens (including phenoxy) is 1. The molecule has 0 bridgehead atoms. The van der Waals surface area contributed by atoms with Crippen LogP contribution >= 0.6 is 0 Å². The number of nitrogens with two attached hydrogens (primary N) is 1. The van der Waals surface area contributed by atoms with E-state index in [9.17, 15) is 9.59 Å². The first-order valence-electron chi connectivity index (χ1n) is 7.95. The van der Waals surface area contributed by atoms with Crippen molar-refractivity contribution in [1.82, 2.24) is 10.2 Å². The molecule has 2 amide bonds. The number of hydrogen-bond acceptors (Lipinski definition) is 4. The number of carbonyl (C=O) groups is 2. The summed E-state index contributed by atoms with van der Waals surface area (Å²) in [6.45, 7) is 5.12. The lowest BCUT2D eigenvalue weighted by atomic mass is 10.0. The van der Waals surface area contributed by atoms with Crippen molar-refractivity contribution >= 4 is 11.8 Å². The topological polar surface area (TPSA) is 84.7 Å². The summed E-state index contributed by atoms with van der Waals surface area (Å²) < 4.78 is 5.30. The highest BCUT2D eigenvalue weighted by Crippen LogP contribution is 2.10. The average molecular weight is 318 g/mol. The first-order valence-corrected chi connectivity index (χ1v) is 7.95. The van der Waals surface area contributed by atoms with Crippen LogP contribution < -0.4 is 11.1 Å². The van der Waals surface area contributed by atoms with Crippen molar-refractivity contribution in [1.29, 1.82) is 0 Å². The van der Waals surface area contributed by atoms with E-state index >= 15 is 0 Å². The fourth-order valence-electron chi connectivity index (χ4n) is 2.55. The van der Waals surface area contributed by atoms with Crippen LogP contribution in [0.25, 0.3) is 0 Å². The molecule has 0 spiro atoms. The summed E-state index contributed by atoms with van der Waals surface area (Å²) in [6.07, 6.45) is 2.86. The third kappa shape index (κ3) is 6.00. The van der Waals surface area contributed by atoms with Gasteiger partial charge in [0, 0.05) is 25.2 Å². The standard InChI is InChI=1S/C17H24N3O3/c18-17(22)15-5-2-1-4-14(15)6-7-16(21)19-8-3-9-20-10-12-23-13-11-20/h1-2,4-5,7H,3,6,8-13H2,(H2,18,22)(H,19,21). The SMILES string of the molecule is NC(=O)c1ccccc1C[CH]C(=O)NCCCN1CCOCC1. The molecule has 0 unspecified atom stereocenters. The van der Waals surface area contributed by atoms with Gasteiger partial charge in [-0.25, -0.2) is 0 Å².